The third-order valence-corrected chi connectivity index (χ3v) is 2.70. The second-order valence-electron chi connectivity index (χ2n) is 4.47. The Labute approximate surface area is 78.9 Å². The van der Waals surface area contributed by atoms with Crippen LogP contribution in [0, 0.1) is 5.41 Å². The second-order valence-corrected chi connectivity index (χ2v) is 4.79. The fourth-order valence-corrected chi connectivity index (χ4v) is 2.08. The van der Waals surface area contributed by atoms with Crippen LogP contribution in [0.25, 0.3) is 0 Å². The Morgan fingerprint density at radius 2 is 2.08 bits per heavy atom. The average Bonchev–Trinajstić information content (AvgIpc) is 2.30. The smallest absolute Gasteiger partial charge is 0.316 e. The van der Waals surface area contributed by atoms with Crippen LogP contribution in [0.5, 0.6) is 0 Å². The molecule has 1 amide bonds. The summed E-state index contributed by atoms with van der Waals surface area (Å²) in [4.78, 5) is 12.8. The number of carbonyl (C=O) groups excluding carboxylic acids is 1. The molecule has 1 fully saturated rings. The van der Waals surface area contributed by atoms with Gasteiger partial charge in [-0.05, 0) is 29.9 Å². The summed E-state index contributed by atoms with van der Waals surface area (Å²) >= 11 is 5.47. The van der Waals surface area contributed by atoms with Crippen molar-refractivity contribution in [1.29, 1.82) is 0 Å². The summed E-state index contributed by atoms with van der Waals surface area (Å²) in [6.45, 7) is 7.27. The molecule has 70 valence electrons. The second kappa shape index (κ2) is 3.25. The molecule has 0 aliphatic carbocycles. The lowest BCUT2D eigenvalue weighted by Crippen LogP contribution is -2.40. The number of halogens is 1. The highest BCUT2D eigenvalue weighted by molar-refractivity contribution is 6.62. The average molecular weight is 190 g/mol. The van der Waals surface area contributed by atoms with Crippen LogP contribution in [-0.4, -0.2) is 22.9 Å². The van der Waals surface area contributed by atoms with Crippen LogP contribution in [0.1, 0.15) is 33.6 Å². The van der Waals surface area contributed by atoms with E-state index in [0.29, 0.717) is 6.04 Å². The van der Waals surface area contributed by atoms with E-state index in [4.69, 9.17) is 11.6 Å². The number of amides is 1. The lowest BCUT2D eigenvalue weighted by molar-refractivity contribution is 0.163. The molecule has 0 spiro atoms. The van der Waals surface area contributed by atoms with E-state index < -0.39 is 0 Å². The zero-order valence-corrected chi connectivity index (χ0v) is 8.69. The van der Waals surface area contributed by atoms with E-state index in [1.807, 2.05) is 0 Å². The van der Waals surface area contributed by atoms with Crippen LogP contribution in [0.4, 0.5) is 4.79 Å². The van der Waals surface area contributed by atoms with E-state index in [9.17, 15) is 4.79 Å². The Balaban J connectivity index is 2.71. The van der Waals surface area contributed by atoms with Crippen molar-refractivity contribution < 1.29 is 4.79 Å². The van der Waals surface area contributed by atoms with Crippen molar-refractivity contribution in [2.75, 3.05) is 6.54 Å². The quantitative estimate of drug-likeness (QED) is 0.424. The van der Waals surface area contributed by atoms with Crippen molar-refractivity contribution in [1.82, 2.24) is 4.90 Å². The molecular weight excluding hydrogens is 174 g/mol. The maximum Gasteiger partial charge on any atom is 0.316 e. The van der Waals surface area contributed by atoms with Gasteiger partial charge in [-0.25, -0.2) is 0 Å². The summed E-state index contributed by atoms with van der Waals surface area (Å²) in [6, 6.07) is 0.322. The first kappa shape index (κ1) is 9.85. The van der Waals surface area contributed by atoms with E-state index in [1.165, 1.54) is 0 Å². The minimum absolute atomic E-state index is 0.154. The zero-order valence-electron chi connectivity index (χ0n) is 7.93. The van der Waals surface area contributed by atoms with Gasteiger partial charge in [-0.2, -0.15) is 0 Å². The Bertz CT molecular complexity index is 185. The Morgan fingerprint density at radius 3 is 2.42 bits per heavy atom. The molecule has 1 atom stereocenters. The highest BCUT2D eigenvalue weighted by Gasteiger charge is 2.35. The first-order chi connectivity index (χ1) is 5.43. The number of likely N-dealkylation sites (tertiary alicyclic amines) is 1. The summed E-state index contributed by atoms with van der Waals surface area (Å²) in [6.07, 6.45) is 2.17. The summed E-state index contributed by atoms with van der Waals surface area (Å²) in [5, 5.41) is -0.299. The largest absolute Gasteiger partial charge is 0.326 e. The molecule has 1 saturated heterocycles. The molecule has 1 unspecified atom stereocenters. The van der Waals surface area contributed by atoms with Gasteiger partial charge in [-0.1, -0.05) is 20.8 Å². The number of nitrogens with zero attached hydrogens (tertiary/aromatic N) is 1. The van der Waals surface area contributed by atoms with Crippen molar-refractivity contribution in [3.63, 3.8) is 0 Å². The van der Waals surface area contributed by atoms with Gasteiger partial charge < -0.3 is 4.90 Å². The third-order valence-electron chi connectivity index (χ3n) is 2.48. The van der Waals surface area contributed by atoms with Crippen molar-refractivity contribution in [3.8, 4) is 0 Å². The fourth-order valence-electron chi connectivity index (χ4n) is 1.88. The van der Waals surface area contributed by atoms with E-state index in [-0.39, 0.29) is 10.8 Å². The summed E-state index contributed by atoms with van der Waals surface area (Å²) < 4.78 is 0. The molecule has 0 aromatic rings. The molecule has 0 aromatic carbocycles. The Hall–Kier alpha value is -0.240. The topological polar surface area (TPSA) is 20.3 Å². The predicted molar refractivity (Wildman–Crippen MR) is 50.4 cm³/mol. The van der Waals surface area contributed by atoms with Crippen LogP contribution < -0.4 is 0 Å². The molecule has 0 bridgehead atoms. The Kier molecular flexibility index (Phi) is 2.67. The van der Waals surface area contributed by atoms with Crippen LogP contribution in [-0.2, 0) is 0 Å². The summed E-state index contributed by atoms with van der Waals surface area (Å²) in [5.41, 5.74) is 0.154. The molecule has 0 aromatic heterocycles. The van der Waals surface area contributed by atoms with Gasteiger partial charge in [0.25, 0.3) is 0 Å². The van der Waals surface area contributed by atoms with Gasteiger partial charge in [0.15, 0.2) is 0 Å². The molecule has 3 heteroatoms. The standard InChI is InChI=1S/C9H16ClNO/c1-9(2,3)7-5-4-6-11(7)8(10)12/h7H,4-6H2,1-3H3. The molecule has 1 heterocycles. The molecule has 2 nitrogen and oxygen atoms in total. The Morgan fingerprint density at radius 1 is 1.50 bits per heavy atom. The van der Waals surface area contributed by atoms with Crippen LogP contribution >= 0.6 is 11.6 Å². The predicted octanol–water partition coefficient (Wildman–Crippen LogP) is 2.86. The van der Waals surface area contributed by atoms with Crippen LogP contribution in [0.2, 0.25) is 0 Å². The van der Waals surface area contributed by atoms with Crippen molar-refractivity contribution in [2.45, 2.75) is 39.7 Å². The molecule has 0 radical (unpaired) electrons. The minimum atomic E-state index is -0.299. The molecule has 1 rings (SSSR count). The fraction of sp³-hybridized carbons (Fsp3) is 0.889. The van der Waals surface area contributed by atoms with Gasteiger partial charge in [0.1, 0.15) is 0 Å². The normalized spacial score (nSPS) is 24.7. The minimum Gasteiger partial charge on any atom is -0.326 e. The zero-order chi connectivity index (χ0) is 9.35. The highest BCUT2D eigenvalue weighted by Crippen LogP contribution is 2.33. The molecular formula is C9H16ClNO. The van der Waals surface area contributed by atoms with Gasteiger partial charge in [0.2, 0.25) is 0 Å². The number of rotatable bonds is 0. The molecule has 0 saturated carbocycles. The first-order valence-corrected chi connectivity index (χ1v) is 4.77. The molecule has 1 aliphatic rings. The maximum atomic E-state index is 11.0. The van der Waals surface area contributed by atoms with Gasteiger partial charge >= 0.3 is 5.37 Å². The third kappa shape index (κ3) is 1.92. The van der Waals surface area contributed by atoms with Gasteiger partial charge in [0, 0.05) is 12.6 Å². The van der Waals surface area contributed by atoms with E-state index >= 15 is 0 Å². The summed E-state index contributed by atoms with van der Waals surface area (Å²) in [5.74, 6) is 0. The number of hydrogen-bond acceptors (Lipinski definition) is 1. The van der Waals surface area contributed by atoms with Crippen molar-refractivity contribution >= 4 is 17.0 Å². The van der Waals surface area contributed by atoms with E-state index in [2.05, 4.69) is 20.8 Å². The number of hydrogen-bond donors (Lipinski definition) is 0. The lowest BCUT2D eigenvalue weighted by atomic mass is 9.85. The van der Waals surface area contributed by atoms with E-state index in [1.54, 1.807) is 4.90 Å². The van der Waals surface area contributed by atoms with E-state index in [0.717, 1.165) is 19.4 Å². The molecule has 12 heavy (non-hydrogen) atoms. The monoisotopic (exact) mass is 189 g/mol. The SMILES string of the molecule is CC(C)(C)C1CCCN1C(=O)Cl. The summed E-state index contributed by atoms with van der Waals surface area (Å²) in [7, 11) is 0. The lowest BCUT2D eigenvalue weighted by Gasteiger charge is -2.33. The van der Waals surface area contributed by atoms with Crippen LogP contribution in [0.3, 0.4) is 0 Å². The first-order valence-electron chi connectivity index (χ1n) is 4.39. The highest BCUT2D eigenvalue weighted by atomic mass is 35.5. The van der Waals surface area contributed by atoms with Gasteiger partial charge in [0.05, 0.1) is 0 Å². The maximum absolute atomic E-state index is 11.0. The van der Waals surface area contributed by atoms with Gasteiger partial charge in [-0.15, -0.1) is 0 Å². The van der Waals surface area contributed by atoms with Gasteiger partial charge in [-0.3, -0.25) is 4.79 Å². The molecule has 0 N–H and O–H groups in total. The number of carbonyl (C=O) groups is 1. The van der Waals surface area contributed by atoms with Crippen molar-refractivity contribution in [3.05, 3.63) is 0 Å². The molecule has 1 aliphatic heterocycles. The van der Waals surface area contributed by atoms with Crippen LogP contribution in [0.15, 0.2) is 0 Å². The van der Waals surface area contributed by atoms with Crippen molar-refractivity contribution in [2.24, 2.45) is 5.41 Å².